The molecule has 1 saturated heterocycles. The number of anilines is 1. The minimum Gasteiger partial charge on any atom is -0.495 e. The van der Waals surface area contributed by atoms with E-state index in [2.05, 4.69) is 11.8 Å². The summed E-state index contributed by atoms with van der Waals surface area (Å²) in [6, 6.07) is 17.5. The van der Waals surface area contributed by atoms with Gasteiger partial charge in [-0.2, -0.15) is 4.31 Å². The van der Waals surface area contributed by atoms with Crippen molar-refractivity contribution in [2.45, 2.75) is 23.4 Å². The minimum absolute atomic E-state index is 0.0534. The summed E-state index contributed by atoms with van der Waals surface area (Å²) in [4.78, 5) is 2.08. The van der Waals surface area contributed by atoms with Gasteiger partial charge >= 0.3 is 0 Å². The van der Waals surface area contributed by atoms with Gasteiger partial charge in [0.15, 0.2) is 0 Å². The van der Waals surface area contributed by atoms with Gasteiger partial charge in [-0.05, 0) is 66.6 Å². The van der Waals surface area contributed by atoms with Crippen molar-refractivity contribution in [3.8, 4) is 17.6 Å². The zero-order chi connectivity index (χ0) is 25.4. The Morgan fingerprint density at radius 2 is 1.83 bits per heavy atom. The van der Waals surface area contributed by atoms with Gasteiger partial charge in [0, 0.05) is 30.8 Å². The lowest BCUT2D eigenvalue weighted by molar-refractivity contribution is 0.193. The molecular weight excluding hydrogens is 479 g/mol. The van der Waals surface area contributed by atoms with Crippen molar-refractivity contribution in [2.75, 3.05) is 32.2 Å². The number of sulfonamides is 1. The molecule has 0 aromatic heterocycles. The first-order chi connectivity index (χ1) is 17.3. The van der Waals surface area contributed by atoms with Crippen molar-refractivity contribution in [3.05, 3.63) is 89.2 Å². The standard InChI is InChI=1S/C28H27FN2O4S/c1-30-25-14-8-19(7-9-20-5-3-4-6-27(20)35-2)17-24(25)28-23(26(30)18-32)15-16-31(28)36(33,34)22-12-10-21(29)11-13-22/h3-6,8,10-14,17,23,26,28,32H,15-16,18H2,1-2H3/t23-,26+,28-/m1/s1. The van der Waals surface area contributed by atoms with Crippen LogP contribution in [0.5, 0.6) is 5.75 Å². The zero-order valence-corrected chi connectivity index (χ0v) is 20.9. The predicted octanol–water partition coefficient (Wildman–Crippen LogP) is 3.80. The normalized spacial score (nSPS) is 21.3. The van der Waals surface area contributed by atoms with Crippen molar-refractivity contribution in [2.24, 2.45) is 5.92 Å². The number of rotatable bonds is 4. The third kappa shape index (κ3) is 4.13. The summed E-state index contributed by atoms with van der Waals surface area (Å²) in [7, 11) is -0.357. The topological polar surface area (TPSA) is 70.1 Å². The first kappa shape index (κ1) is 24.3. The Morgan fingerprint density at radius 1 is 1.08 bits per heavy atom. The Morgan fingerprint density at radius 3 is 2.56 bits per heavy atom. The molecule has 2 aliphatic heterocycles. The first-order valence-electron chi connectivity index (χ1n) is 11.7. The highest BCUT2D eigenvalue weighted by Crippen LogP contribution is 2.50. The Labute approximate surface area is 211 Å². The zero-order valence-electron chi connectivity index (χ0n) is 20.1. The molecular formula is C28H27FN2O4S. The number of fused-ring (bicyclic) bond motifs is 3. The maximum absolute atomic E-state index is 13.6. The van der Waals surface area contributed by atoms with Crippen LogP contribution in [0.3, 0.4) is 0 Å². The molecule has 1 N–H and O–H groups in total. The maximum atomic E-state index is 13.6. The quantitative estimate of drug-likeness (QED) is 0.546. The molecule has 36 heavy (non-hydrogen) atoms. The number of hydrogen-bond donors (Lipinski definition) is 1. The van der Waals surface area contributed by atoms with Crippen molar-refractivity contribution in [1.29, 1.82) is 0 Å². The van der Waals surface area contributed by atoms with Crippen LogP contribution < -0.4 is 9.64 Å². The van der Waals surface area contributed by atoms with E-state index in [1.165, 1.54) is 16.4 Å². The highest BCUT2D eigenvalue weighted by atomic mass is 32.2. The summed E-state index contributed by atoms with van der Waals surface area (Å²) in [6.45, 7) is 0.229. The van der Waals surface area contributed by atoms with Gasteiger partial charge in [-0.15, -0.1) is 0 Å². The SMILES string of the molecule is COc1ccccc1C#Cc1ccc2c(c1)[C@H]1[C@H](CCN1S(=O)(=O)c1ccc(F)cc1)[C@H](CO)N2C. The summed E-state index contributed by atoms with van der Waals surface area (Å²) in [6.07, 6.45) is 0.608. The van der Waals surface area contributed by atoms with Crippen LogP contribution >= 0.6 is 0 Å². The minimum atomic E-state index is -3.88. The highest BCUT2D eigenvalue weighted by Gasteiger charge is 2.50. The van der Waals surface area contributed by atoms with E-state index in [4.69, 9.17) is 4.74 Å². The molecule has 3 aromatic carbocycles. The number of aliphatic hydroxyl groups excluding tert-OH is 1. The summed E-state index contributed by atoms with van der Waals surface area (Å²) >= 11 is 0. The van der Waals surface area contributed by atoms with E-state index in [1.807, 2.05) is 54.4 Å². The molecule has 6 nitrogen and oxygen atoms in total. The molecule has 3 aromatic rings. The van der Waals surface area contributed by atoms with Crippen LogP contribution in [0.15, 0.2) is 71.6 Å². The number of ether oxygens (including phenoxy) is 1. The van der Waals surface area contributed by atoms with Crippen LogP contribution in [0.1, 0.15) is 29.2 Å². The number of likely N-dealkylation sites (N-methyl/N-ethyl adjacent to an activating group) is 1. The number of aliphatic hydroxyl groups is 1. The molecule has 8 heteroatoms. The molecule has 0 unspecified atom stereocenters. The van der Waals surface area contributed by atoms with E-state index < -0.39 is 21.9 Å². The van der Waals surface area contributed by atoms with Crippen molar-refractivity contribution in [1.82, 2.24) is 4.31 Å². The number of halogens is 1. The second-order valence-electron chi connectivity index (χ2n) is 9.05. The summed E-state index contributed by atoms with van der Waals surface area (Å²) in [5.74, 6) is 6.44. The molecule has 0 radical (unpaired) electrons. The van der Waals surface area contributed by atoms with Crippen LogP contribution in [-0.4, -0.2) is 51.2 Å². The molecule has 0 amide bonds. The smallest absolute Gasteiger partial charge is 0.243 e. The molecule has 186 valence electrons. The molecule has 0 spiro atoms. The molecule has 0 aliphatic carbocycles. The third-order valence-corrected chi connectivity index (χ3v) is 9.07. The fraction of sp³-hybridized carbons (Fsp3) is 0.286. The second kappa shape index (κ2) is 9.58. The van der Waals surface area contributed by atoms with E-state index in [9.17, 15) is 17.9 Å². The van der Waals surface area contributed by atoms with Crippen LogP contribution in [0.25, 0.3) is 0 Å². The number of para-hydroxylation sites is 1. The summed E-state index contributed by atoms with van der Waals surface area (Å²) in [5.41, 5.74) is 3.22. The van der Waals surface area contributed by atoms with Gasteiger partial charge in [-0.1, -0.05) is 24.0 Å². The number of nitrogens with zero attached hydrogens (tertiary/aromatic N) is 2. The molecule has 3 atom stereocenters. The lowest BCUT2D eigenvalue weighted by atomic mass is 9.82. The Balaban J connectivity index is 1.59. The van der Waals surface area contributed by atoms with Crippen molar-refractivity contribution in [3.63, 3.8) is 0 Å². The largest absolute Gasteiger partial charge is 0.495 e. The fourth-order valence-corrected chi connectivity index (χ4v) is 7.05. The number of hydrogen-bond acceptors (Lipinski definition) is 5. The molecule has 0 bridgehead atoms. The summed E-state index contributed by atoms with van der Waals surface area (Å²) < 4.78 is 47.6. The highest BCUT2D eigenvalue weighted by molar-refractivity contribution is 7.89. The van der Waals surface area contributed by atoms with E-state index in [1.54, 1.807) is 7.11 Å². The van der Waals surface area contributed by atoms with Gasteiger partial charge in [0.05, 0.1) is 36.3 Å². The van der Waals surface area contributed by atoms with Gasteiger partial charge in [0.1, 0.15) is 11.6 Å². The Kier molecular flexibility index (Phi) is 6.47. The van der Waals surface area contributed by atoms with Gasteiger partial charge in [0.25, 0.3) is 0 Å². The average molecular weight is 507 g/mol. The van der Waals surface area contributed by atoms with Crippen LogP contribution in [0, 0.1) is 23.6 Å². The predicted molar refractivity (Wildman–Crippen MR) is 136 cm³/mol. The number of benzene rings is 3. The molecule has 1 fully saturated rings. The van der Waals surface area contributed by atoms with Gasteiger partial charge in [0.2, 0.25) is 10.0 Å². The lowest BCUT2D eigenvalue weighted by Crippen LogP contribution is -2.48. The van der Waals surface area contributed by atoms with Crippen molar-refractivity contribution >= 4 is 15.7 Å². The van der Waals surface area contributed by atoms with Crippen LogP contribution in [0.4, 0.5) is 10.1 Å². The van der Waals surface area contributed by atoms with Gasteiger partial charge in [-0.25, -0.2) is 12.8 Å². The second-order valence-corrected chi connectivity index (χ2v) is 10.9. The molecule has 5 rings (SSSR count). The fourth-order valence-electron chi connectivity index (χ4n) is 5.39. The molecule has 0 saturated carbocycles. The van der Waals surface area contributed by atoms with E-state index in [0.29, 0.717) is 18.7 Å². The van der Waals surface area contributed by atoms with Crippen LogP contribution in [0.2, 0.25) is 0 Å². The van der Waals surface area contributed by atoms with Gasteiger partial charge in [-0.3, -0.25) is 0 Å². The first-order valence-corrected chi connectivity index (χ1v) is 13.2. The Hall–Kier alpha value is -3.38. The molecule has 2 heterocycles. The number of methoxy groups -OCH3 is 1. The van der Waals surface area contributed by atoms with Gasteiger partial charge < -0.3 is 14.7 Å². The monoisotopic (exact) mass is 506 g/mol. The molecule has 2 aliphatic rings. The third-order valence-electron chi connectivity index (χ3n) is 7.17. The van der Waals surface area contributed by atoms with Crippen LogP contribution in [-0.2, 0) is 10.0 Å². The maximum Gasteiger partial charge on any atom is 0.243 e. The summed E-state index contributed by atoms with van der Waals surface area (Å²) in [5, 5.41) is 10.2. The lowest BCUT2D eigenvalue weighted by Gasteiger charge is -2.44. The van der Waals surface area contributed by atoms with E-state index in [-0.39, 0.29) is 23.5 Å². The van der Waals surface area contributed by atoms with E-state index in [0.717, 1.165) is 34.5 Å². The average Bonchev–Trinajstić information content (AvgIpc) is 3.34. The Bertz CT molecular complexity index is 1450. The van der Waals surface area contributed by atoms with E-state index >= 15 is 0 Å². The van der Waals surface area contributed by atoms with Crippen molar-refractivity contribution < 1.29 is 22.7 Å².